The molecule has 1 aromatic rings. The van der Waals surface area contributed by atoms with Crippen molar-refractivity contribution in [3.05, 3.63) is 32.3 Å². The molecule has 0 saturated carbocycles. The SMILES string of the molecule is COC(=O)N1C(=O)[C@H]2[C@H](CC(CO)=C3B(O)O[C@H](c4cc(I)c(O)c(OC)c4)C[C@H]32)C1=O. The number of phenols is 1. The molecular weight excluding hydrogens is 536 g/mol. The lowest BCUT2D eigenvalue weighted by Gasteiger charge is -2.42. The largest absolute Gasteiger partial charge is 0.504 e. The minimum Gasteiger partial charge on any atom is -0.504 e. The van der Waals surface area contributed by atoms with Crippen molar-refractivity contribution in [2.45, 2.75) is 18.9 Å². The minimum absolute atomic E-state index is 0.0284. The van der Waals surface area contributed by atoms with Crippen molar-refractivity contribution in [1.82, 2.24) is 4.90 Å². The molecule has 1 aromatic carbocycles. The Morgan fingerprint density at radius 3 is 2.62 bits per heavy atom. The van der Waals surface area contributed by atoms with Crippen LogP contribution < -0.4 is 4.74 Å². The molecule has 4 rings (SSSR count). The Morgan fingerprint density at radius 2 is 2.00 bits per heavy atom. The van der Waals surface area contributed by atoms with Crippen molar-refractivity contribution in [1.29, 1.82) is 0 Å². The molecule has 0 aromatic heterocycles. The minimum atomic E-state index is -1.41. The van der Waals surface area contributed by atoms with Gasteiger partial charge in [-0.3, -0.25) is 9.59 Å². The highest BCUT2D eigenvalue weighted by atomic mass is 127. The summed E-state index contributed by atoms with van der Waals surface area (Å²) >= 11 is 1.94. The van der Waals surface area contributed by atoms with Gasteiger partial charge in [0.2, 0.25) is 11.8 Å². The zero-order valence-electron chi connectivity index (χ0n) is 17.3. The van der Waals surface area contributed by atoms with Gasteiger partial charge >= 0.3 is 13.2 Å². The van der Waals surface area contributed by atoms with Crippen LogP contribution in [0, 0.1) is 21.3 Å². The highest BCUT2D eigenvalue weighted by molar-refractivity contribution is 14.1. The Labute approximate surface area is 197 Å². The Morgan fingerprint density at radius 1 is 1.28 bits per heavy atom. The van der Waals surface area contributed by atoms with Gasteiger partial charge < -0.3 is 29.4 Å². The normalized spacial score (nSPS) is 27.4. The molecule has 2 aliphatic heterocycles. The van der Waals surface area contributed by atoms with Gasteiger partial charge in [0.1, 0.15) is 0 Å². The molecule has 3 aliphatic rings. The first-order valence-electron chi connectivity index (χ1n) is 9.91. The van der Waals surface area contributed by atoms with E-state index in [-0.39, 0.29) is 24.3 Å². The monoisotopic (exact) mass is 557 g/mol. The van der Waals surface area contributed by atoms with Gasteiger partial charge in [-0.2, -0.15) is 4.90 Å². The number of methoxy groups -OCH3 is 2. The molecule has 2 fully saturated rings. The predicted molar refractivity (Wildman–Crippen MR) is 117 cm³/mol. The standard InChI is InChI=1S/C20H21BINO9/c1-30-14-5-8(4-12(22)17(14)25)13-6-10-15-11(3-9(7-24)16(10)21(29)32-13)18(26)23(19(15)27)20(28)31-2/h4-5,10-11,13,15,24-25,29H,3,6-7H2,1-2H3/t10-,11-,13-,15+/m0/s1. The van der Waals surface area contributed by atoms with Crippen molar-refractivity contribution < 1.29 is 43.7 Å². The summed E-state index contributed by atoms with van der Waals surface area (Å²) in [6.45, 7) is -0.412. The number of hydrogen-bond donors (Lipinski definition) is 3. The lowest BCUT2D eigenvalue weighted by atomic mass is 9.55. The van der Waals surface area contributed by atoms with E-state index in [1.54, 1.807) is 12.1 Å². The van der Waals surface area contributed by atoms with Crippen LogP contribution in [-0.4, -0.2) is 66.0 Å². The third-order valence-corrected chi connectivity index (χ3v) is 7.22. The number of aliphatic hydroxyl groups is 1. The predicted octanol–water partition coefficient (Wildman–Crippen LogP) is 1.16. The number of hydrogen-bond acceptors (Lipinski definition) is 9. The van der Waals surface area contributed by atoms with E-state index in [2.05, 4.69) is 4.74 Å². The van der Waals surface area contributed by atoms with E-state index in [0.29, 0.717) is 25.1 Å². The van der Waals surface area contributed by atoms with Crippen molar-refractivity contribution >= 4 is 47.6 Å². The number of halogens is 1. The number of fused-ring (bicyclic) bond motifs is 3. The number of ether oxygens (including phenoxy) is 2. The lowest BCUT2D eigenvalue weighted by Crippen LogP contribution is -2.45. The molecule has 3 amide bonds. The molecule has 2 heterocycles. The Hall–Kier alpha value is -2.16. The third-order valence-electron chi connectivity index (χ3n) is 6.40. The van der Waals surface area contributed by atoms with E-state index in [4.69, 9.17) is 9.39 Å². The number of rotatable bonds is 3. The Kier molecular flexibility index (Phi) is 6.22. The first kappa shape index (κ1) is 23.0. The Bertz CT molecular complexity index is 1030. The van der Waals surface area contributed by atoms with Crippen LogP contribution in [0.1, 0.15) is 24.5 Å². The van der Waals surface area contributed by atoms with E-state index >= 15 is 0 Å². The van der Waals surface area contributed by atoms with Crippen molar-refractivity contribution in [3.8, 4) is 11.5 Å². The maximum atomic E-state index is 13.1. The molecule has 32 heavy (non-hydrogen) atoms. The van der Waals surface area contributed by atoms with Gasteiger partial charge in [-0.1, -0.05) is 0 Å². The van der Waals surface area contributed by atoms with Gasteiger partial charge in [0.15, 0.2) is 11.5 Å². The summed E-state index contributed by atoms with van der Waals surface area (Å²) in [5.74, 6) is -3.50. The van der Waals surface area contributed by atoms with Crippen molar-refractivity contribution in [3.63, 3.8) is 0 Å². The molecule has 0 radical (unpaired) electrons. The van der Waals surface area contributed by atoms with Crippen molar-refractivity contribution in [2.24, 2.45) is 17.8 Å². The molecule has 0 spiro atoms. The van der Waals surface area contributed by atoms with Crippen LogP contribution in [0.5, 0.6) is 11.5 Å². The zero-order chi connectivity index (χ0) is 23.3. The van der Waals surface area contributed by atoms with E-state index in [1.807, 2.05) is 22.6 Å². The fourth-order valence-electron chi connectivity index (χ4n) is 4.98. The van der Waals surface area contributed by atoms with Gasteiger partial charge in [0, 0.05) is 0 Å². The highest BCUT2D eigenvalue weighted by Crippen LogP contribution is 2.52. The molecule has 0 bridgehead atoms. The third kappa shape index (κ3) is 3.49. The van der Waals surface area contributed by atoms with Crippen LogP contribution in [0.25, 0.3) is 0 Å². The number of aromatic hydroxyl groups is 1. The van der Waals surface area contributed by atoms with Gasteiger partial charge in [0.05, 0.1) is 42.3 Å². The fourth-order valence-corrected chi connectivity index (χ4v) is 5.60. The molecule has 10 nitrogen and oxygen atoms in total. The van der Waals surface area contributed by atoms with Crippen LogP contribution in [-0.2, 0) is 19.0 Å². The number of nitrogens with zero attached hydrogens (tertiary/aromatic N) is 1. The van der Waals surface area contributed by atoms with Crippen LogP contribution in [0.3, 0.4) is 0 Å². The summed E-state index contributed by atoms with van der Waals surface area (Å²) < 4.78 is 16.1. The number of benzene rings is 1. The number of phenolic OH excluding ortho intramolecular Hbond substituents is 1. The van der Waals surface area contributed by atoms with Crippen LogP contribution >= 0.6 is 22.6 Å². The van der Waals surface area contributed by atoms with Crippen molar-refractivity contribution in [2.75, 3.05) is 20.8 Å². The molecular formula is C20H21BINO9. The number of likely N-dealkylation sites (tertiary alicyclic amines) is 1. The Balaban J connectivity index is 1.75. The van der Waals surface area contributed by atoms with Crippen LogP contribution in [0.15, 0.2) is 23.2 Å². The number of carbonyl (C=O) groups is 3. The van der Waals surface area contributed by atoms with Gasteiger partial charge in [0.25, 0.3) is 0 Å². The number of imide groups is 3. The smallest absolute Gasteiger partial charge is 0.487 e. The summed E-state index contributed by atoms with van der Waals surface area (Å²) in [5, 5.41) is 30.8. The first-order valence-corrected chi connectivity index (χ1v) is 11.0. The molecule has 1 aliphatic carbocycles. The van der Waals surface area contributed by atoms with Gasteiger partial charge in [-0.05, 0) is 70.1 Å². The van der Waals surface area contributed by atoms with E-state index in [9.17, 15) is 29.6 Å². The number of carbonyl (C=O) groups excluding carboxylic acids is 3. The van der Waals surface area contributed by atoms with E-state index in [0.717, 1.165) is 7.11 Å². The average Bonchev–Trinajstić information content (AvgIpc) is 3.04. The molecule has 12 heteroatoms. The maximum Gasteiger partial charge on any atom is 0.487 e. The van der Waals surface area contributed by atoms with Crippen LogP contribution in [0.2, 0.25) is 0 Å². The number of aliphatic hydroxyl groups excluding tert-OH is 1. The molecule has 170 valence electrons. The summed E-state index contributed by atoms with van der Waals surface area (Å²) in [6, 6.07) is 3.26. The molecule has 4 atom stereocenters. The summed E-state index contributed by atoms with van der Waals surface area (Å²) in [6.07, 6.45) is -1.48. The van der Waals surface area contributed by atoms with E-state index < -0.39 is 55.5 Å². The van der Waals surface area contributed by atoms with Crippen LogP contribution in [0.4, 0.5) is 4.79 Å². The molecule has 3 N–H and O–H groups in total. The highest BCUT2D eigenvalue weighted by Gasteiger charge is 2.59. The second kappa shape index (κ2) is 8.65. The topological polar surface area (TPSA) is 143 Å². The number of allylic oxidation sites excluding steroid dienone is 1. The maximum absolute atomic E-state index is 13.1. The number of amides is 3. The van der Waals surface area contributed by atoms with Gasteiger partial charge in [-0.15, -0.1) is 0 Å². The quantitative estimate of drug-likeness (QED) is 0.284. The summed E-state index contributed by atoms with van der Waals surface area (Å²) in [7, 11) is 1.09. The first-order chi connectivity index (χ1) is 15.2. The second-order valence-corrected chi connectivity index (χ2v) is 9.07. The molecule has 2 saturated heterocycles. The lowest BCUT2D eigenvalue weighted by molar-refractivity contribution is -0.137. The summed E-state index contributed by atoms with van der Waals surface area (Å²) in [4.78, 5) is 38.5. The summed E-state index contributed by atoms with van der Waals surface area (Å²) in [5.41, 5.74) is 1.41. The van der Waals surface area contributed by atoms with Gasteiger partial charge in [-0.25, -0.2) is 4.79 Å². The molecule has 0 unspecified atom stereocenters. The van der Waals surface area contributed by atoms with E-state index in [1.165, 1.54) is 7.11 Å². The zero-order valence-corrected chi connectivity index (χ0v) is 19.4. The fraction of sp³-hybridized carbons (Fsp3) is 0.450. The average molecular weight is 557 g/mol. The second-order valence-electron chi connectivity index (χ2n) is 7.91.